The van der Waals surface area contributed by atoms with Crippen molar-refractivity contribution in [3.05, 3.63) is 59.7 Å². The fourth-order valence-electron chi connectivity index (χ4n) is 4.46. The molecule has 4 heteroatoms. The summed E-state index contributed by atoms with van der Waals surface area (Å²) in [4.78, 5) is 14.5. The Morgan fingerprint density at radius 3 is 2.31 bits per heavy atom. The number of carbonyl (C=O) groups excluding carboxylic acids is 1. The number of rotatable bonds is 3. The Morgan fingerprint density at radius 2 is 1.69 bits per heavy atom. The standard InChI is InChI=1S/C22H25NO3/c1-15-7-6-8-16(13-24)23(15)22(25)26-14-21-19-11-4-2-9-17(19)18-10-3-5-12-20(18)21/h2-5,9-12,15-16,21,24H,6-8,13-14H2,1H3/t15-,16-/m1/s1. The fourth-order valence-corrected chi connectivity index (χ4v) is 4.46. The predicted molar refractivity (Wildman–Crippen MR) is 101 cm³/mol. The molecule has 0 aromatic heterocycles. The Bertz CT molecular complexity index is 758. The second-order valence-electron chi connectivity index (χ2n) is 7.33. The lowest BCUT2D eigenvalue weighted by Crippen LogP contribution is -2.50. The van der Waals surface area contributed by atoms with Crippen molar-refractivity contribution in [2.24, 2.45) is 0 Å². The van der Waals surface area contributed by atoms with Crippen LogP contribution in [-0.4, -0.2) is 41.4 Å². The third kappa shape index (κ3) is 2.88. The number of amides is 1. The van der Waals surface area contributed by atoms with E-state index in [4.69, 9.17) is 4.74 Å². The maximum atomic E-state index is 12.8. The SMILES string of the molecule is C[C@@H]1CCC[C@H](CO)N1C(=O)OCC1c2ccccc2-c2ccccc21. The van der Waals surface area contributed by atoms with Gasteiger partial charge in [-0.3, -0.25) is 0 Å². The van der Waals surface area contributed by atoms with Crippen molar-refractivity contribution < 1.29 is 14.6 Å². The summed E-state index contributed by atoms with van der Waals surface area (Å²) in [5.74, 6) is 0.0685. The molecule has 1 fully saturated rings. The van der Waals surface area contributed by atoms with E-state index in [1.165, 1.54) is 22.3 Å². The summed E-state index contributed by atoms with van der Waals surface area (Å²) in [6.07, 6.45) is 2.53. The lowest BCUT2D eigenvalue weighted by Gasteiger charge is -2.39. The van der Waals surface area contributed by atoms with Gasteiger partial charge in [0.15, 0.2) is 0 Å². The Hall–Kier alpha value is -2.33. The van der Waals surface area contributed by atoms with Gasteiger partial charge in [0.2, 0.25) is 0 Å². The molecule has 136 valence electrons. The highest BCUT2D eigenvalue weighted by Crippen LogP contribution is 2.44. The molecule has 4 nitrogen and oxygen atoms in total. The van der Waals surface area contributed by atoms with Gasteiger partial charge in [-0.05, 0) is 48.4 Å². The molecular weight excluding hydrogens is 326 g/mol. The lowest BCUT2D eigenvalue weighted by molar-refractivity contribution is 0.0299. The van der Waals surface area contributed by atoms with E-state index in [0.29, 0.717) is 6.61 Å². The Morgan fingerprint density at radius 1 is 1.08 bits per heavy atom. The van der Waals surface area contributed by atoms with Gasteiger partial charge in [-0.1, -0.05) is 48.5 Å². The van der Waals surface area contributed by atoms with E-state index in [-0.39, 0.29) is 30.7 Å². The van der Waals surface area contributed by atoms with Crippen LogP contribution >= 0.6 is 0 Å². The molecule has 0 spiro atoms. The van der Waals surface area contributed by atoms with Gasteiger partial charge in [0.05, 0.1) is 12.6 Å². The van der Waals surface area contributed by atoms with Gasteiger partial charge < -0.3 is 14.7 Å². The number of ether oxygens (including phenoxy) is 1. The highest BCUT2D eigenvalue weighted by atomic mass is 16.6. The molecule has 2 aromatic rings. The molecule has 1 aliphatic carbocycles. The van der Waals surface area contributed by atoms with Crippen LogP contribution in [0.2, 0.25) is 0 Å². The number of carbonyl (C=O) groups is 1. The van der Waals surface area contributed by atoms with E-state index >= 15 is 0 Å². The second kappa shape index (κ2) is 7.12. The average Bonchev–Trinajstić information content (AvgIpc) is 3.00. The summed E-state index contributed by atoms with van der Waals surface area (Å²) in [7, 11) is 0. The third-order valence-corrected chi connectivity index (χ3v) is 5.79. The molecule has 1 amide bonds. The van der Waals surface area contributed by atoms with Crippen LogP contribution in [0.25, 0.3) is 11.1 Å². The maximum absolute atomic E-state index is 12.8. The molecule has 2 aliphatic rings. The highest BCUT2D eigenvalue weighted by molar-refractivity contribution is 5.79. The average molecular weight is 351 g/mol. The zero-order valence-electron chi connectivity index (χ0n) is 15.1. The van der Waals surface area contributed by atoms with E-state index in [1.807, 2.05) is 31.2 Å². The van der Waals surface area contributed by atoms with Gasteiger partial charge in [-0.2, -0.15) is 0 Å². The molecule has 2 atom stereocenters. The molecule has 0 radical (unpaired) electrons. The van der Waals surface area contributed by atoms with Crippen molar-refractivity contribution in [1.82, 2.24) is 4.90 Å². The van der Waals surface area contributed by atoms with Gasteiger partial charge >= 0.3 is 6.09 Å². The summed E-state index contributed by atoms with van der Waals surface area (Å²) < 4.78 is 5.76. The first kappa shape index (κ1) is 17.1. The van der Waals surface area contributed by atoms with Gasteiger partial charge in [-0.25, -0.2) is 4.79 Å². The van der Waals surface area contributed by atoms with E-state index in [2.05, 4.69) is 24.3 Å². The van der Waals surface area contributed by atoms with Crippen LogP contribution in [0.5, 0.6) is 0 Å². The zero-order chi connectivity index (χ0) is 18.1. The number of aliphatic hydroxyl groups excluding tert-OH is 1. The number of hydrogen-bond donors (Lipinski definition) is 1. The molecule has 0 unspecified atom stereocenters. The van der Waals surface area contributed by atoms with Crippen molar-refractivity contribution in [1.29, 1.82) is 0 Å². The first-order valence-electron chi connectivity index (χ1n) is 9.45. The Balaban J connectivity index is 1.54. The number of fused-ring (bicyclic) bond motifs is 3. The highest BCUT2D eigenvalue weighted by Gasteiger charge is 2.34. The number of nitrogens with zero attached hydrogens (tertiary/aromatic N) is 1. The topological polar surface area (TPSA) is 49.8 Å². The summed E-state index contributed by atoms with van der Waals surface area (Å²) in [5, 5.41) is 9.62. The van der Waals surface area contributed by atoms with Crippen molar-refractivity contribution in [2.75, 3.05) is 13.2 Å². The smallest absolute Gasteiger partial charge is 0.410 e. The molecule has 1 N–H and O–H groups in total. The van der Waals surface area contributed by atoms with Crippen LogP contribution in [0, 0.1) is 0 Å². The minimum atomic E-state index is -0.307. The van der Waals surface area contributed by atoms with Crippen LogP contribution < -0.4 is 0 Å². The molecule has 1 saturated heterocycles. The fraction of sp³-hybridized carbons (Fsp3) is 0.409. The Kier molecular flexibility index (Phi) is 4.68. The second-order valence-corrected chi connectivity index (χ2v) is 7.33. The van der Waals surface area contributed by atoms with Gasteiger partial charge in [0.1, 0.15) is 6.61 Å². The summed E-state index contributed by atoms with van der Waals surface area (Å²) in [6, 6.07) is 16.6. The minimum Gasteiger partial charge on any atom is -0.448 e. The summed E-state index contributed by atoms with van der Waals surface area (Å²) in [5.41, 5.74) is 4.88. The van der Waals surface area contributed by atoms with Crippen LogP contribution in [0.1, 0.15) is 43.2 Å². The van der Waals surface area contributed by atoms with E-state index < -0.39 is 0 Å². The molecule has 1 heterocycles. The quantitative estimate of drug-likeness (QED) is 0.903. The molecule has 0 bridgehead atoms. The molecule has 26 heavy (non-hydrogen) atoms. The van der Waals surface area contributed by atoms with Crippen LogP contribution in [0.4, 0.5) is 4.79 Å². The Labute approximate surface area is 154 Å². The van der Waals surface area contributed by atoms with Crippen molar-refractivity contribution >= 4 is 6.09 Å². The van der Waals surface area contributed by atoms with Crippen molar-refractivity contribution in [3.8, 4) is 11.1 Å². The van der Waals surface area contributed by atoms with Gasteiger partial charge in [-0.15, -0.1) is 0 Å². The van der Waals surface area contributed by atoms with E-state index in [9.17, 15) is 9.90 Å². The minimum absolute atomic E-state index is 0.00542. The number of likely N-dealkylation sites (tertiary alicyclic amines) is 1. The normalized spacial score (nSPS) is 22.0. The zero-order valence-corrected chi connectivity index (χ0v) is 15.1. The van der Waals surface area contributed by atoms with Gasteiger partial charge in [0, 0.05) is 12.0 Å². The molecule has 0 saturated carbocycles. The lowest BCUT2D eigenvalue weighted by atomic mass is 9.97. The van der Waals surface area contributed by atoms with E-state index in [0.717, 1.165) is 19.3 Å². The van der Waals surface area contributed by atoms with Crippen LogP contribution in [0.3, 0.4) is 0 Å². The largest absolute Gasteiger partial charge is 0.448 e. The van der Waals surface area contributed by atoms with Gasteiger partial charge in [0.25, 0.3) is 0 Å². The van der Waals surface area contributed by atoms with Crippen molar-refractivity contribution in [3.63, 3.8) is 0 Å². The number of piperidine rings is 1. The molecule has 2 aromatic carbocycles. The van der Waals surface area contributed by atoms with Crippen LogP contribution in [-0.2, 0) is 4.74 Å². The number of hydrogen-bond acceptors (Lipinski definition) is 3. The summed E-state index contributed by atoms with van der Waals surface area (Å²) >= 11 is 0. The van der Waals surface area contributed by atoms with E-state index in [1.54, 1.807) is 4.90 Å². The van der Waals surface area contributed by atoms with Crippen molar-refractivity contribution in [2.45, 2.75) is 44.2 Å². The molecular formula is C22H25NO3. The molecule has 1 aliphatic heterocycles. The first-order valence-corrected chi connectivity index (χ1v) is 9.45. The third-order valence-electron chi connectivity index (χ3n) is 5.79. The summed E-state index contributed by atoms with van der Waals surface area (Å²) in [6.45, 7) is 2.35. The monoisotopic (exact) mass is 351 g/mol. The number of aliphatic hydroxyl groups is 1. The molecule has 4 rings (SSSR count). The predicted octanol–water partition coefficient (Wildman–Crippen LogP) is 4.17. The first-order chi connectivity index (χ1) is 12.7. The maximum Gasteiger partial charge on any atom is 0.410 e. The van der Waals surface area contributed by atoms with Crippen LogP contribution in [0.15, 0.2) is 48.5 Å². The number of benzene rings is 2.